The van der Waals surface area contributed by atoms with E-state index in [0.29, 0.717) is 36.5 Å². The van der Waals surface area contributed by atoms with Crippen molar-refractivity contribution in [3.8, 4) is 0 Å². The third-order valence-electron chi connectivity index (χ3n) is 7.91. The van der Waals surface area contributed by atoms with Gasteiger partial charge in [0.05, 0.1) is 40.8 Å². The number of aliphatic hydroxyl groups is 1. The minimum atomic E-state index is -1.13. The molecule has 2 unspecified atom stereocenters. The lowest BCUT2D eigenvalue weighted by atomic mass is 9.65. The van der Waals surface area contributed by atoms with Crippen LogP contribution in [0.4, 0.5) is 5.69 Å². The molecular formula is C25H34ClN3O5. The zero-order chi connectivity index (χ0) is 24.8. The van der Waals surface area contributed by atoms with Crippen molar-refractivity contribution in [3.63, 3.8) is 0 Å². The summed E-state index contributed by atoms with van der Waals surface area (Å²) >= 11 is 6.36. The van der Waals surface area contributed by atoms with Gasteiger partial charge < -0.3 is 25.4 Å². The van der Waals surface area contributed by atoms with Crippen molar-refractivity contribution in [2.75, 3.05) is 18.5 Å². The number of benzene rings is 1. The van der Waals surface area contributed by atoms with E-state index in [1.165, 1.54) is 4.90 Å². The molecule has 3 aliphatic rings. The number of halogens is 1. The van der Waals surface area contributed by atoms with Gasteiger partial charge in [-0.1, -0.05) is 37.6 Å². The number of nitrogens with one attached hydrogen (secondary N) is 2. The summed E-state index contributed by atoms with van der Waals surface area (Å²) in [6, 6.07) is 3.73. The largest absolute Gasteiger partial charge is 0.394 e. The van der Waals surface area contributed by atoms with Crippen LogP contribution in [0.5, 0.6) is 0 Å². The Morgan fingerprint density at radius 2 is 2.03 bits per heavy atom. The summed E-state index contributed by atoms with van der Waals surface area (Å²) in [4.78, 5) is 42.4. The van der Waals surface area contributed by atoms with E-state index in [4.69, 9.17) is 16.3 Å². The lowest BCUT2D eigenvalue weighted by Crippen LogP contribution is -2.56. The molecule has 186 valence electrons. The van der Waals surface area contributed by atoms with Crippen LogP contribution in [-0.4, -0.2) is 64.2 Å². The number of nitrogens with zero attached hydrogens (tertiary/aromatic N) is 1. The Bertz CT molecular complexity index is 983. The first kappa shape index (κ1) is 24.9. The first-order valence-electron chi connectivity index (χ1n) is 12.1. The van der Waals surface area contributed by atoms with E-state index in [0.717, 1.165) is 12.0 Å². The molecule has 6 atom stereocenters. The van der Waals surface area contributed by atoms with E-state index in [2.05, 4.69) is 10.6 Å². The molecule has 0 saturated carbocycles. The predicted molar refractivity (Wildman–Crippen MR) is 128 cm³/mol. The highest BCUT2D eigenvalue weighted by molar-refractivity contribution is 6.34. The number of carbonyl (C=O) groups is 3. The number of hydrogen-bond acceptors (Lipinski definition) is 5. The molecule has 3 saturated heterocycles. The number of aliphatic hydroxyl groups excluding tert-OH is 1. The van der Waals surface area contributed by atoms with E-state index in [-0.39, 0.29) is 18.4 Å². The molecule has 1 aromatic rings. The minimum Gasteiger partial charge on any atom is -0.394 e. The zero-order valence-electron chi connectivity index (χ0n) is 20.2. The van der Waals surface area contributed by atoms with Crippen molar-refractivity contribution < 1.29 is 24.2 Å². The fourth-order valence-corrected chi connectivity index (χ4v) is 6.52. The zero-order valence-corrected chi connectivity index (χ0v) is 20.9. The Balaban J connectivity index is 1.78. The highest BCUT2D eigenvalue weighted by atomic mass is 35.5. The molecule has 3 heterocycles. The average Bonchev–Trinajstić information content (AvgIpc) is 3.43. The van der Waals surface area contributed by atoms with Gasteiger partial charge in [0.25, 0.3) is 0 Å². The van der Waals surface area contributed by atoms with Gasteiger partial charge in [-0.25, -0.2) is 0 Å². The third kappa shape index (κ3) is 3.53. The highest BCUT2D eigenvalue weighted by Gasteiger charge is 2.78. The summed E-state index contributed by atoms with van der Waals surface area (Å²) in [6.07, 6.45) is 2.42. The second kappa shape index (κ2) is 9.13. The lowest BCUT2D eigenvalue weighted by molar-refractivity contribution is -0.148. The molecule has 34 heavy (non-hydrogen) atoms. The number of anilines is 1. The number of carbonyl (C=O) groups excluding carboxylic acids is 3. The monoisotopic (exact) mass is 491 g/mol. The van der Waals surface area contributed by atoms with Gasteiger partial charge in [-0.3, -0.25) is 14.4 Å². The Morgan fingerprint density at radius 3 is 2.65 bits per heavy atom. The molecule has 3 aliphatic heterocycles. The molecule has 3 fully saturated rings. The van der Waals surface area contributed by atoms with E-state index in [1.807, 2.05) is 26.8 Å². The van der Waals surface area contributed by atoms with E-state index in [9.17, 15) is 19.5 Å². The van der Waals surface area contributed by atoms with Gasteiger partial charge >= 0.3 is 0 Å². The lowest BCUT2D eigenvalue weighted by Gasteiger charge is -2.36. The van der Waals surface area contributed by atoms with Gasteiger partial charge in [-0.15, -0.1) is 0 Å². The number of ether oxygens (including phenoxy) is 1. The second-order valence-electron chi connectivity index (χ2n) is 9.82. The maximum atomic E-state index is 13.9. The molecule has 4 rings (SSSR count). The van der Waals surface area contributed by atoms with Crippen LogP contribution in [0.2, 0.25) is 5.02 Å². The minimum absolute atomic E-state index is 0.205. The number of rotatable bonds is 8. The Hall–Kier alpha value is -2.16. The van der Waals surface area contributed by atoms with Crippen LogP contribution in [0.25, 0.3) is 0 Å². The Labute approximate surface area is 205 Å². The molecule has 1 aromatic carbocycles. The van der Waals surface area contributed by atoms with Crippen LogP contribution < -0.4 is 10.6 Å². The van der Waals surface area contributed by atoms with Gasteiger partial charge in [0, 0.05) is 6.54 Å². The number of amides is 3. The van der Waals surface area contributed by atoms with Crippen LogP contribution in [0.1, 0.15) is 52.0 Å². The molecule has 9 heteroatoms. The van der Waals surface area contributed by atoms with Crippen LogP contribution >= 0.6 is 11.6 Å². The standard InChI is InChI=1S/C25H34ClN3O5/c1-5-12-27-21(31)17-18-23(33)29(15(4)13-30)20(25(18)11-10-24(17,6-2)34-25)22(32)28-19-14(3)8-7-9-16(19)26/h7-9,15,17-18,20,30H,5-6,10-13H2,1-4H3,(H,27,31)(H,28,32)/t15-,17+,18+,20?,24-,25?/m1/s1. The second-order valence-corrected chi connectivity index (χ2v) is 10.2. The summed E-state index contributed by atoms with van der Waals surface area (Å²) < 4.78 is 6.66. The molecule has 3 amide bonds. The van der Waals surface area contributed by atoms with Crippen molar-refractivity contribution in [2.45, 2.75) is 76.7 Å². The Morgan fingerprint density at radius 1 is 1.29 bits per heavy atom. The fourth-order valence-electron chi connectivity index (χ4n) is 6.26. The predicted octanol–water partition coefficient (Wildman–Crippen LogP) is 2.65. The van der Waals surface area contributed by atoms with Crippen molar-refractivity contribution in [1.82, 2.24) is 10.2 Å². The SMILES string of the molecule is CCCNC(=O)[C@@H]1[C@H]2C(=O)N([C@H](C)CO)C(C(=O)Nc3c(C)cccc3Cl)C23CC[C@@]1(CC)O3. The average molecular weight is 492 g/mol. The van der Waals surface area contributed by atoms with Crippen LogP contribution in [0.3, 0.4) is 0 Å². The van der Waals surface area contributed by atoms with E-state index >= 15 is 0 Å². The number of hydrogen-bond donors (Lipinski definition) is 3. The van der Waals surface area contributed by atoms with Gasteiger partial charge in [0.15, 0.2) is 0 Å². The fraction of sp³-hybridized carbons (Fsp3) is 0.640. The summed E-state index contributed by atoms with van der Waals surface area (Å²) in [7, 11) is 0. The van der Waals surface area contributed by atoms with E-state index in [1.54, 1.807) is 19.1 Å². The summed E-state index contributed by atoms with van der Waals surface area (Å²) in [6.45, 7) is 7.67. The summed E-state index contributed by atoms with van der Waals surface area (Å²) in [5.41, 5.74) is -0.650. The van der Waals surface area contributed by atoms with E-state index < -0.39 is 41.0 Å². The molecule has 8 nitrogen and oxygen atoms in total. The van der Waals surface area contributed by atoms with Gasteiger partial charge in [0.2, 0.25) is 17.7 Å². The molecule has 3 N–H and O–H groups in total. The summed E-state index contributed by atoms with van der Waals surface area (Å²) in [5.74, 6) is -2.41. The van der Waals surface area contributed by atoms with Gasteiger partial charge in [0.1, 0.15) is 11.6 Å². The van der Waals surface area contributed by atoms with Crippen molar-refractivity contribution in [1.29, 1.82) is 0 Å². The first-order valence-corrected chi connectivity index (χ1v) is 12.5. The first-order chi connectivity index (χ1) is 16.2. The quantitative estimate of drug-likeness (QED) is 0.518. The molecular weight excluding hydrogens is 458 g/mol. The van der Waals surface area contributed by atoms with Gasteiger partial charge in [-0.05, 0) is 51.2 Å². The summed E-state index contributed by atoms with van der Waals surface area (Å²) in [5, 5.41) is 16.2. The van der Waals surface area contributed by atoms with Crippen LogP contribution in [0, 0.1) is 18.8 Å². The Kier molecular flexibility index (Phi) is 6.70. The maximum absolute atomic E-state index is 13.9. The molecule has 1 spiro atoms. The van der Waals surface area contributed by atoms with Crippen molar-refractivity contribution in [3.05, 3.63) is 28.8 Å². The molecule has 0 aromatic heterocycles. The number of para-hydroxylation sites is 1. The number of aryl methyl sites for hydroxylation is 1. The number of likely N-dealkylation sites (tertiary alicyclic amines) is 1. The van der Waals surface area contributed by atoms with Gasteiger partial charge in [-0.2, -0.15) is 0 Å². The molecule has 2 bridgehead atoms. The normalized spacial score (nSPS) is 32.6. The van der Waals surface area contributed by atoms with Crippen molar-refractivity contribution >= 4 is 35.0 Å². The highest BCUT2D eigenvalue weighted by Crippen LogP contribution is 2.64. The maximum Gasteiger partial charge on any atom is 0.250 e. The van der Waals surface area contributed by atoms with Crippen LogP contribution in [0.15, 0.2) is 18.2 Å². The number of fused-ring (bicyclic) bond motifs is 1. The molecule has 0 aliphatic carbocycles. The topological polar surface area (TPSA) is 108 Å². The van der Waals surface area contributed by atoms with Crippen LogP contribution in [-0.2, 0) is 19.1 Å². The third-order valence-corrected chi connectivity index (χ3v) is 8.22. The molecule has 0 radical (unpaired) electrons. The smallest absolute Gasteiger partial charge is 0.250 e. The van der Waals surface area contributed by atoms with Crippen molar-refractivity contribution in [2.24, 2.45) is 11.8 Å².